The Bertz CT molecular complexity index is 797. The van der Waals surface area contributed by atoms with E-state index in [4.69, 9.17) is 0 Å². The molecule has 2 aliphatic carbocycles. The van der Waals surface area contributed by atoms with Gasteiger partial charge >= 0.3 is 139 Å². The third kappa shape index (κ3) is 3.14. The van der Waals surface area contributed by atoms with Gasteiger partial charge < -0.3 is 24.8 Å². The minimum absolute atomic E-state index is 0. The Balaban J connectivity index is 0.00000104. The first-order chi connectivity index (χ1) is 10.8. The number of benzene rings is 2. The molecule has 3 heteroatoms. The molecular formula is C21H20Cl2Ti. The molecule has 0 saturated carbocycles. The van der Waals surface area contributed by atoms with Gasteiger partial charge in [-0.2, -0.15) is 0 Å². The Morgan fingerprint density at radius 2 is 1.42 bits per heavy atom. The van der Waals surface area contributed by atoms with Crippen LogP contribution < -0.4 is 24.8 Å². The van der Waals surface area contributed by atoms with E-state index < -0.39 is 17.4 Å². The fourth-order valence-corrected chi connectivity index (χ4v) is 9.11. The molecule has 0 heterocycles. The largest absolute Gasteiger partial charge is 1.00 e. The van der Waals surface area contributed by atoms with Gasteiger partial charge in [0, 0.05) is 0 Å². The van der Waals surface area contributed by atoms with Gasteiger partial charge in [-0.05, 0) is 0 Å². The smallest absolute Gasteiger partial charge is 1.00 e. The Hall–Kier alpha value is -0.916. The summed E-state index contributed by atoms with van der Waals surface area (Å²) in [6.45, 7) is 4.72. The van der Waals surface area contributed by atoms with E-state index in [-0.39, 0.29) is 24.8 Å². The molecule has 2 aromatic rings. The molecule has 0 radical (unpaired) electrons. The summed E-state index contributed by atoms with van der Waals surface area (Å²) in [6, 6.07) is 18.1. The molecule has 122 valence electrons. The van der Waals surface area contributed by atoms with Gasteiger partial charge in [-0.25, -0.2) is 0 Å². The molecule has 0 atom stereocenters. The predicted molar refractivity (Wildman–Crippen MR) is 91.9 cm³/mol. The Morgan fingerprint density at radius 3 is 1.88 bits per heavy atom. The topological polar surface area (TPSA) is 0 Å². The average Bonchev–Trinajstić information content (AvgIpc) is 3.16. The van der Waals surface area contributed by atoms with E-state index in [1.807, 2.05) is 0 Å². The molecular weight excluding hydrogens is 371 g/mol. The normalized spacial score (nSPS) is 13.8. The van der Waals surface area contributed by atoms with Crippen LogP contribution in [0, 0.1) is 0 Å². The van der Waals surface area contributed by atoms with Crippen molar-refractivity contribution < 1.29 is 42.2 Å². The maximum atomic E-state index is 2.39. The van der Waals surface area contributed by atoms with Gasteiger partial charge in [-0.15, -0.1) is 0 Å². The van der Waals surface area contributed by atoms with Crippen molar-refractivity contribution in [2.45, 2.75) is 24.5 Å². The first-order valence-corrected chi connectivity index (χ1v) is 10.5. The van der Waals surface area contributed by atoms with Crippen molar-refractivity contribution >= 4 is 3.81 Å². The molecule has 24 heavy (non-hydrogen) atoms. The van der Waals surface area contributed by atoms with Gasteiger partial charge in [0.2, 0.25) is 0 Å². The molecule has 0 aliphatic heterocycles. The third-order valence-corrected chi connectivity index (χ3v) is 9.99. The fourth-order valence-electron chi connectivity index (χ4n) is 3.91. The zero-order chi connectivity index (χ0) is 15.1. The standard InChI is InChI=1S/C13H9.C5H5.C3H6.2ClH.Ti/c1-3-7-12-10(5-1)9-11-6-2-4-8-13(11)12;1-2-4-5-3-1;1-3-2;;;/h1-9H;1-3H,4H2;1-2H3;2*1H;/q;;;;;+2/p-2. The van der Waals surface area contributed by atoms with Gasteiger partial charge in [0.25, 0.3) is 0 Å². The van der Waals surface area contributed by atoms with Crippen molar-refractivity contribution in [3.05, 3.63) is 81.8 Å². The number of hydrogen-bond acceptors (Lipinski definition) is 0. The van der Waals surface area contributed by atoms with Crippen LogP contribution in [-0.2, 0) is 17.4 Å². The van der Waals surface area contributed by atoms with Crippen LogP contribution in [0.2, 0.25) is 0 Å². The summed E-state index contributed by atoms with van der Waals surface area (Å²) >= 11 is -1.50. The van der Waals surface area contributed by atoms with Gasteiger partial charge in [0.05, 0.1) is 0 Å². The molecule has 0 fully saturated rings. The van der Waals surface area contributed by atoms with Crippen molar-refractivity contribution in [1.29, 1.82) is 0 Å². The van der Waals surface area contributed by atoms with Gasteiger partial charge in [-0.1, -0.05) is 0 Å². The molecule has 4 rings (SSSR count). The molecule has 2 aromatic carbocycles. The number of halogens is 2. The van der Waals surface area contributed by atoms with Gasteiger partial charge in [0.15, 0.2) is 0 Å². The molecule has 0 aromatic heterocycles. The second-order valence-electron chi connectivity index (χ2n) is 6.35. The van der Waals surface area contributed by atoms with Gasteiger partial charge in [-0.3, -0.25) is 0 Å². The number of hydrogen-bond donors (Lipinski definition) is 0. The van der Waals surface area contributed by atoms with Crippen LogP contribution in [-0.4, -0.2) is 3.81 Å². The van der Waals surface area contributed by atoms with Crippen LogP contribution in [0.5, 0.6) is 0 Å². The molecule has 0 nitrogen and oxygen atoms in total. The molecule has 0 bridgehead atoms. The van der Waals surface area contributed by atoms with E-state index in [0.29, 0.717) is 4.22 Å². The summed E-state index contributed by atoms with van der Waals surface area (Å²) in [5.41, 5.74) is 6.04. The van der Waals surface area contributed by atoms with Crippen molar-refractivity contribution in [3.63, 3.8) is 0 Å². The van der Waals surface area contributed by atoms with Crippen molar-refractivity contribution in [1.82, 2.24) is 0 Å². The molecule has 0 spiro atoms. The van der Waals surface area contributed by atoms with Crippen LogP contribution in [0.15, 0.2) is 70.6 Å². The van der Waals surface area contributed by atoms with Crippen LogP contribution in [0.1, 0.15) is 35.6 Å². The second-order valence-corrected chi connectivity index (χ2v) is 11.1. The third-order valence-electron chi connectivity index (χ3n) is 4.78. The van der Waals surface area contributed by atoms with Crippen molar-refractivity contribution in [2.75, 3.05) is 0 Å². The van der Waals surface area contributed by atoms with E-state index in [1.54, 1.807) is 18.8 Å². The number of allylic oxidation sites excluding steroid dienone is 4. The van der Waals surface area contributed by atoms with E-state index in [2.05, 4.69) is 80.6 Å². The predicted octanol–water partition coefficient (Wildman–Crippen LogP) is -0.561. The van der Waals surface area contributed by atoms with Crippen LogP contribution in [0.4, 0.5) is 0 Å². The van der Waals surface area contributed by atoms with Gasteiger partial charge in [0.1, 0.15) is 0 Å². The molecule has 0 saturated heterocycles. The van der Waals surface area contributed by atoms with E-state index in [0.717, 1.165) is 0 Å². The summed E-state index contributed by atoms with van der Waals surface area (Å²) in [4.78, 5) is 0. The minimum Gasteiger partial charge on any atom is -1.00 e. The zero-order valence-corrected chi connectivity index (χ0v) is 17.0. The summed E-state index contributed by atoms with van der Waals surface area (Å²) in [6.07, 6.45) is 8.13. The monoisotopic (exact) mass is 390 g/mol. The average molecular weight is 391 g/mol. The molecule has 0 amide bonds. The number of fused-ring (bicyclic) bond motifs is 3. The van der Waals surface area contributed by atoms with Crippen LogP contribution in [0.3, 0.4) is 0 Å². The summed E-state index contributed by atoms with van der Waals surface area (Å²) in [5, 5.41) is 0. The molecule has 0 unspecified atom stereocenters. The molecule has 2 aliphatic rings. The summed E-state index contributed by atoms with van der Waals surface area (Å²) < 4.78 is 4.02. The first kappa shape index (κ1) is 19.4. The quantitative estimate of drug-likeness (QED) is 0.603. The SMILES string of the molecule is C[C](C)=[Ti+2]([C]1=CC=CC1)[CH]1c2ccccc2-c2ccccc21.[Cl-].[Cl-]. The van der Waals surface area contributed by atoms with Crippen LogP contribution in [0.25, 0.3) is 11.1 Å². The fraction of sp³-hybridized carbons (Fsp3) is 0.190. The Kier molecular flexibility index (Phi) is 6.45. The molecule has 0 N–H and O–H groups in total. The maximum absolute atomic E-state index is 2.39. The van der Waals surface area contributed by atoms with E-state index >= 15 is 0 Å². The zero-order valence-electron chi connectivity index (χ0n) is 13.9. The summed E-state index contributed by atoms with van der Waals surface area (Å²) in [5.74, 6) is 0. The van der Waals surface area contributed by atoms with Crippen LogP contribution >= 0.6 is 0 Å². The van der Waals surface area contributed by atoms with Crippen molar-refractivity contribution in [2.24, 2.45) is 0 Å². The van der Waals surface area contributed by atoms with E-state index in [9.17, 15) is 0 Å². The van der Waals surface area contributed by atoms with E-state index in [1.165, 1.54) is 17.5 Å². The summed E-state index contributed by atoms with van der Waals surface area (Å²) in [7, 11) is 0. The minimum atomic E-state index is -1.50. The van der Waals surface area contributed by atoms with Crippen molar-refractivity contribution in [3.8, 4) is 11.1 Å². The first-order valence-electron chi connectivity index (χ1n) is 7.99. The Morgan fingerprint density at radius 1 is 0.875 bits per heavy atom. The number of rotatable bonds is 2. The second kappa shape index (κ2) is 7.98. The Labute approximate surface area is 162 Å². The maximum Gasteiger partial charge on any atom is -1.00 e.